The van der Waals surface area contributed by atoms with E-state index in [9.17, 15) is 14.7 Å². The number of hydrogen-bond donors (Lipinski definition) is 1. The van der Waals surface area contributed by atoms with Gasteiger partial charge in [0.25, 0.3) is 0 Å². The molecule has 0 unspecified atom stereocenters. The lowest BCUT2D eigenvalue weighted by Crippen LogP contribution is -2.43. The van der Waals surface area contributed by atoms with Gasteiger partial charge in [0.1, 0.15) is 6.04 Å². The quantitative estimate of drug-likeness (QED) is 0.841. The van der Waals surface area contributed by atoms with Crippen molar-refractivity contribution in [3.05, 3.63) is 35.9 Å². The van der Waals surface area contributed by atoms with E-state index in [1.165, 1.54) is 0 Å². The van der Waals surface area contributed by atoms with Crippen LogP contribution < -0.4 is 0 Å². The van der Waals surface area contributed by atoms with Gasteiger partial charge in [-0.15, -0.1) is 0 Å². The molecule has 0 amide bonds. The fraction of sp³-hybridized carbons (Fsp3) is 0.500. The summed E-state index contributed by atoms with van der Waals surface area (Å²) in [5, 5.41) is 9.55. The van der Waals surface area contributed by atoms with Crippen molar-refractivity contribution in [3.8, 4) is 0 Å². The van der Waals surface area contributed by atoms with Crippen LogP contribution in [-0.4, -0.2) is 41.6 Å². The number of likely N-dealkylation sites (tertiary alicyclic amines) is 1. The van der Waals surface area contributed by atoms with E-state index >= 15 is 0 Å². The number of carboxylic acid groups (broad SMARTS) is 1. The fourth-order valence-corrected chi connectivity index (χ4v) is 2.84. The third kappa shape index (κ3) is 3.82. The minimum Gasteiger partial charge on any atom is -0.480 e. The summed E-state index contributed by atoms with van der Waals surface area (Å²) in [4.78, 5) is 25.4. The lowest BCUT2D eigenvalue weighted by atomic mass is 9.95. The number of carboxylic acids is 1. The fourth-order valence-electron chi connectivity index (χ4n) is 2.84. The zero-order valence-electron chi connectivity index (χ0n) is 12.2. The lowest BCUT2D eigenvalue weighted by Gasteiger charge is -2.35. The van der Waals surface area contributed by atoms with Gasteiger partial charge in [0.15, 0.2) is 0 Å². The maximum Gasteiger partial charge on any atom is 0.325 e. The van der Waals surface area contributed by atoms with Gasteiger partial charge < -0.3 is 9.84 Å². The summed E-state index contributed by atoms with van der Waals surface area (Å²) in [6.07, 6.45) is 1.57. The van der Waals surface area contributed by atoms with Crippen molar-refractivity contribution in [3.63, 3.8) is 0 Å². The number of aliphatic carboxylic acids is 1. The van der Waals surface area contributed by atoms with Crippen molar-refractivity contribution in [1.82, 2.24) is 4.90 Å². The first-order valence-corrected chi connectivity index (χ1v) is 7.32. The molecule has 1 aliphatic heterocycles. The van der Waals surface area contributed by atoms with Crippen molar-refractivity contribution in [2.75, 3.05) is 19.7 Å². The van der Waals surface area contributed by atoms with Crippen LogP contribution in [0, 0.1) is 5.92 Å². The second-order valence-corrected chi connectivity index (χ2v) is 5.24. The highest BCUT2D eigenvalue weighted by Crippen LogP contribution is 2.27. The number of nitrogens with zero attached hydrogens (tertiary/aromatic N) is 1. The smallest absolute Gasteiger partial charge is 0.325 e. The molecule has 0 aliphatic carbocycles. The SMILES string of the molecule is CCOC(=O)[C@@H]1CCCN([C@@H](C(=O)O)c2ccccc2)C1. The molecule has 0 bridgehead atoms. The summed E-state index contributed by atoms with van der Waals surface area (Å²) in [7, 11) is 0. The Morgan fingerprint density at radius 2 is 2.10 bits per heavy atom. The molecule has 1 N–H and O–H groups in total. The van der Waals surface area contributed by atoms with Crippen molar-refractivity contribution >= 4 is 11.9 Å². The normalized spacial score (nSPS) is 20.7. The topological polar surface area (TPSA) is 66.8 Å². The predicted molar refractivity (Wildman–Crippen MR) is 77.7 cm³/mol. The van der Waals surface area contributed by atoms with Gasteiger partial charge >= 0.3 is 11.9 Å². The van der Waals surface area contributed by atoms with Crippen LogP contribution in [0.3, 0.4) is 0 Å². The molecular weight excluding hydrogens is 270 g/mol. The number of rotatable bonds is 5. The van der Waals surface area contributed by atoms with Crippen molar-refractivity contribution in [1.29, 1.82) is 0 Å². The highest BCUT2D eigenvalue weighted by molar-refractivity contribution is 5.76. The number of ether oxygens (including phenoxy) is 1. The average Bonchev–Trinajstić information content (AvgIpc) is 2.49. The van der Waals surface area contributed by atoms with Crippen LogP contribution in [0.15, 0.2) is 30.3 Å². The lowest BCUT2D eigenvalue weighted by molar-refractivity contribution is -0.153. The molecule has 5 nitrogen and oxygen atoms in total. The predicted octanol–water partition coefficient (Wildman–Crippen LogP) is 2.09. The van der Waals surface area contributed by atoms with Crippen LogP contribution in [0.4, 0.5) is 0 Å². The summed E-state index contributed by atoms with van der Waals surface area (Å²) in [5.41, 5.74) is 0.745. The zero-order chi connectivity index (χ0) is 15.2. The summed E-state index contributed by atoms with van der Waals surface area (Å²) < 4.78 is 5.06. The molecule has 5 heteroatoms. The highest BCUT2D eigenvalue weighted by Gasteiger charge is 2.34. The number of carbonyl (C=O) groups excluding carboxylic acids is 1. The van der Waals surface area contributed by atoms with Crippen LogP contribution in [0.2, 0.25) is 0 Å². The molecule has 0 saturated carbocycles. The van der Waals surface area contributed by atoms with Crippen molar-refractivity contribution in [2.45, 2.75) is 25.8 Å². The second-order valence-electron chi connectivity index (χ2n) is 5.24. The molecule has 1 aliphatic rings. The first-order valence-electron chi connectivity index (χ1n) is 7.32. The molecule has 1 saturated heterocycles. The zero-order valence-corrected chi connectivity index (χ0v) is 12.2. The van der Waals surface area contributed by atoms with Crippen molar-refractivity contribution in [2.24, 2.45) is 5.92 Å². The number of hydrogen-bond acceptors (Lipinski definition) is 4. The van der Waals surface area contributed by atoms with E-state index < -0.39 is 12.0 Å². The van der Waals surface area contributed by atoms with E-state index in [1.54, 1.807) is 6.92 Å². The Morgan fingerprint density at radius 1 is 1.38 bits per heavy atom. The van der Waals surface area contributed by atoms with Crippen LogP contribution >= 0.6 is 0 Å². The Labute approximate surface area is 124 Å². The molecule has 114 valence electrons. The van der Waals surface area contributed by atoms with E-state index in [0.717, 1.165) is 18.4 Å². The van der Waals surface area contributed by atoms with Crippen molar-refractivity contribution < 1.29 is 19.4 Å². The van der Waals surface area contributed by atoms with E-state index in [1.807, 2.05) is 35.2 Å². The first kappa shape index (κ1) is 15.5. The van der Waals surface area contributed by atoms with Gasteiger partial charge in [-0.2, -0.15) is 0 Å². The molecule has 2 rings (SSSR count). The van der Waals surface area contributed by atoms with Crippen LogP contribution in [0.25, 0.3) is 0 Å². The molecular formula is C16H21NO4. The summed E-state index contributed by atoms with van der Waals surface area (Å²) in [6, 6.07) is 8.44. The Morgan fingerprint density at radius 3 is 2.71 bits per heavy atom. The Bertz CT molecular complexity index is 488. The van der Waals surface area contributed by atoms with E-state index in [0.29, 0.717) is 19.7 Å². The highest BCUT2D eigenvalue weighted by atomic mass is 16.5. The van der Waals surface area contributed by atoms with E-state index in [2.05, 4.69) is 0 Å². The average molecular weight is 291 g/mol. The summed E-state index contributed by atoms with van der Waals surface area (Å²) >= 11 is 0. The van der Waals surface area contributed by atoms with Crippen LogP contribution in [0.1, 0.15) is 31.4 Å². The maximum absolute atomic E-state index is 11.9. The van der Waals surface area contributed by atoms with E-state index in [-0.39, 0.29) is 11.9 Å². The monoisotopic (exact) mass is 291 g/mol. The van der Waals surface area contributed by atoms with Gasteiger partial charge in [-0.1, -0.05) is 30.3 Å². The number of esters is 1. The largest absolute Gasteiger partial charge is 0.480 e. The van der Waals surface area contributed by atoms with Gasteiger partial charge in [0, 0.05) is 6.54 Å². The molecule has 1 heterocycles. The number of piperidine rings is 1. The third-order valence-corrected chi connectivity index (χ3v) is 3.79. The first-order chi connectivity index (χ1) is 10.1. The van der Waals surface area contributed by atoms with Crippen LogP contribution in [-0.2, 0) is 14.3 Å². The maximum atomic E-state index is 11.9. The molecule has 1 aromatic rings. The molecule has 0 radical (unpaired) electrons. The molecule has 2 atom stereocenters. The van der Waals surface area contributed by atoms with Gasteiger partial charge in [-0.05, 0) is 31.9 Å². The third-order valence-electron chi connectivity index (χ3n) is 3.79. The molecule has 1 fully saturated rings. The van der Waals surface area contributed by atoms with E-state index in [4.69, 9.17) is 4.74 Å². The van der Waals surface area contributed by atoms with Crippen LogP contribution in [0.5, 0.6) is 0 Å². The molecule has 0 aromatic heterocycles. The standard InChI is InChI=1S/C16H21NO4/c1-2-21-16(20)13-9-6-10-17(11-13)14(15(18)19)12-7-4-3-5-8-12/h3-5,7-8,13-14H,2,6,9-11H2,1H3,(H,18,19)/t13-,14-/m1/s1. The molecule has 1 aromatic carbocycles. The number of carbonyl (C=O) groups is 2. The summed E-state index contributed by atoms with van der Waals surface area (Å²) in [6.45, 7) is 3.26. The Kier molecular flexibility index (Phi) is 5.33. The summed E-state index contributed by atoms with van der Waals surface area (Å²) in [5.74, 6) is -1.34. The molecule has 21 heavy (non-hydrogen) atoms. The second kappa shape index (κ2) is 7.22. The minimum absolute atomic E-state index is 0.223. The van der Waals surface area contributed by atoms with Gasteiger partial charge in [0.2, 0.25) is 0 Å². The number of benzene rings is 1. The molecule has 0 spiro atoms. The van der Waals surface area contributed by atoms with Gasteiger partial charge in [0.05, 0.1) is 12.5 Å². The minimum atomic E-state index is -0.884. The Balaban J connectivity index is 2.14. The van der Waals surface area contributed by atoms with Gasteiger partial charge in [-0.25, -0.2) is 0 Å². The van der Waals surface area contributed by atoms with Gasteiger partial charge in [-0.3, -0.25) is 14.5 Å². The Hall–Kier alpha value is -1.88.